The second-order valence-corrected chi connectivity index (χ2v) is 40.6. The smallest absolute Gasteiger partial charge is 0.236 e. The maximum Gasteiger partial charge on any atom is 0.236 e. The van der Waals surface area contributed by atoms with Crippen molar-refractivity contribution in [3.8, 4) is 96.3 Å². The van der Waals surface area contributed by atoms with E-state index in [0.29, 0.717) is 23.4 Å². The lowest BCUT2D eigenvalue weighted by molar-refractivity contribution is 0.655. The SMILES string of the molecule is CC1(C)c2ccccc2-c2cc(-c3nc(-n4c5ccccc5c5cc6ccccc6cc54)nc4c3oc3ccccc34)ccc21.CC1(C)c2ccccc2-c2cc(-c3nc(-n4c5ccccc5c5cc6ccccc6cc54)nc4c3sc3ccccc34)ccc21.CC1(C)c2ccccc2-c2ccc(-c3nc(-n4c5ccccc5c5cc6ccccc6cc54)nc4c3C(C)(C)c3ccccc3-4)cc21. The lowest BCUT2D eigenvalue weighted by Gasteiger charge is -2.25. The lowest BCUT2D eigenvalue weighted by atomic mass is 9.79. The van der Waals surface area contributed by atoms with Crippen LogP contribution in [-0.2, 0) is 21.7 Å². The summed E-state index contributed by atoms with van der Waals surface area (Å²) < 4.78 is 15.6. The molecule has 0 saturated carbocycles. The van der Waals surface area contributed by atoms with Crippen LogP contribution in [0, 0.1) is 0 Å². The molecule has 30 rings (SSSR count). The zero-order chi connectivity index (χ0) is 91.4. The maximum absolute atomic E-state index is 6.54. The largest absolute Gasteiger partial charge is 0.452 e. The van der Waals surface area contributed by atoms with Gasteiger partial charge in [0.2, 0.25) is 17.8 Å². The Kier molecular flexibility index (Phi) is 16.7. The molecular formula is C126H87N9OS. The highest BCUT2D eigenvalue weighted by atomic mass is 32.1. The molecule has 0 bridgehead atoms. The van der Waals surface area contributed by atoms with Crippen molar-refractivity contribution >= 4 is 151 Å². The van der Waals surface area contributed by atoms with Crippen LogP contribution in [0.4, 0.5) is 0 Å². The fourth-order valence-corrected chi connectivity index (χ4v) is 25.0. The number of para-hydroxylation sites is 4. The Labute approximate surface area is 793 Å². The first-order valence-electron chi connectivity index (χ1n) is 47.4. The van der Waals surface area contributed by atoms with Crippen molar-refractivity contribution in [2.75, 3.05) is 0 Å². The quantitative estimate of drug-likeness (QED) is 0.163. The lowest BCUT2D eigenvalue weighted by Crippen LogP contribution is -2.18. The minimum Gasteiger partial charge on any atom is -0.452 e. The molecule has 0 fully saturated rings. The van der Waals surface area contributed by atoms with Crippen LogP contribution in [0.5, 0.6) is 0 Å². The number of rotatable bonds is 6. The van der Waals surface area contributed by atoms with Gasteiger partial charge in [-0.2, -0.15) is 0 Å². The van der Waals surface area contributed by atoms with Crippen molar-refractivity contribution in [1.29, 1.82) is 0 Å². The highest BCUT2D eigenvalue weighted by Crippen LogP contribution is 2.57. The summed E-state index contributed by atoms with van der Waals surface area (Å²) in [5, 5.41) is 16.6. The van der Waals surface area contributed by atoms with Gasteiger partial charge in [0.25, 0.3) is 0 Å². The van der Waals surface area contributed by atoms with Crippen molar-refractivity contribution in [1.82, 2.24) is 43.6 Å². The zero-order valence-electron chi connectivity index (χ0n) is 76.7. The summed E-state index contributed by atoms with van der Waals surface area (Å²) in [7, 11) is 0. The Morgan fingerprint density at radius 3 is 1.08 bits per heavy atom. The van der Waals surface area contributed by atoms with Crippen LogP contribution < -0.4 is 0 Å². The van der Waals surface area contributed by atoms with Gasteiger partial charge in [-0.25, -0.2) is 29.9 Å². The number of thiophene rings is 1. The van der Waals surface area contributed by atoms with Crippen molar-refractivity contribution in [2.24, 2.45) is 0 Å². The summed E-state index contributed by atoms with van der Waals surface area (Å²) in [5.74, 6) is 2.03. The Bertz CT molecular complexity index is 9420. The summed E-state index contributed by atoms with van der Waals surface area (Å²) in [6.07, 6.45) is 0. The molecule has 4 aliphatic carbocycles. The van der Waals surface area contributed by atoms with Crippen molar-refractivity contribution < 1.29 is 4.42 Å². The van der Waals surface area contributed by atoms with Crippen LogP contribution in [0.15, 0.2) is 387 Å². The minimum atomic E-state index is -0.256. The van der Waals surface area contributed by atoms with Gasteiger partial charge in [0.15, 0.2) is 5.58 Å². The Hall–Kier alpha value is -16.6. The number of nitrogens with zero attached hydrogens (tertiary/aromatic N) is 9. The monoisotopic (exact) mass is 1770 g/mol. The molecule has 0 spiro atoms. The van der Waals surface area contributed by atoms with Gasteiger partial charge >= 0.3 is 0 Å². The molecule has 0 atom stereocenters. The van der Waals surface area contributed by atoms with Gasteiger partial charge in [-0.1, -0.05) is 347 Å². The van der Waals surface area contributed by atoms with Gasteiger partial charge in [0.1, 0.15) is 16.8 Å². The fourth-order valence-electron chi connectivity index (χ4n) is 23.9. The second-order valence-electron chi connectivity index (χ2n) is 39.6. The van der Waals surface area contributed by atoms with Crippen LogP contribution in [-0.4, -0.2) is 43.6 Å². The topological polar surface area (TPSA) is 105 Å². The Balaban J connectivity index is 0.000000102. The van der Waals surface area contributed by atoms with Gasteiger partial charge in [-0.05, 0) is 196 Å². The van der Waals surface area contributed by atoms with Crippen LogP contribution >= 0.6 is 11.3 Å². The molecular weight excluding hydrogens is 1690 g/mol. The third-order valence-electron chi connectivity index (χ3n) is 30.6. The first-order valence-corrected chi connectivity index (χ1v) is 48.2. The van der Waals surface area contributed by atoms with Gasteiger partial charge in [0, 0.05) is 97.3 Å². The summed E-state index contributed by atoms with van der Waals surface area (Å²) in [4.78, 5) is 32.5. The average molecular weight is 1780 g/mol. The number of hydrogen-bond acceptors (Lipinski definition) is 8. The Morgan fingerprint density at radius 2 is 0.569 bits per heavy atom. The van der Waals surface area contributed by atoms with E-state index in [1.54, 1.807) is 11.3 Å². The molecule has 0 aliphatic heterocycles. The molecule has 0 radical (unpaired) electrons. The number of fused-ring (bicyclic) bond motifs is 30. The number of hydrogen-bond donors (Lipinski definition) is 0. The van der Waals surface area contributed by atoms with E-state index >= 15 is 0 Å². The standard InChI is InChI=1S/C44H33N3.C41H27N3O.C41H27N3S/c1-43(2)34-18-10-7-15-29(34)30-22-21-28(24-36(30)43)40-39-41(32-17-8-11-19-35(32)44(39,3)4)46-42(45-40)47-37-20-12-9-16-31(37)33-23-26-13-5-6-14-27(26)25-38(33)47;2*1-41(2)32-16-8-5-13-27(32)30-22-26(19-20-33(30)41)37-39-38(29-15-7-10-18-36(29)45-39)43-40(42-37)44-34-17-9-6-14-28(34)31-21-24-11-3-4-12-25(24)23-35(31)44/h5-25H,1-4H3;2*3-23H,1-2H3. The fraction of sp³-hybridized carbons (Fsp3) is 0.0952. The van der Waals surface area contributed by atoms with Crippen LogP contribution in [0.3, 0.4) is 0 Å². The molecule has 26 aromatic rings. The molecule has 11 heteroatoms. The van der Waals surface area contributed by atoms with Crippen molar-refractivity contribution in [2.45, 2.75) is 77.0 Å². The second kappa shape index (κ2) is 29.0. The molecule has 137 heavy (non-hydrogen) atoms. The highest BCUT2D eigenvalue weighted by molar-refractivity contribution is 7.26. The number of furan rings is 1. The molecule has 8 aromatic heterocycles. The summed E-state index contributed by atoms with van der Waals surface area (Å²) in [6, 6.07) is 138. The molecule has 4 aliphatic rings. The van der Waals surface area contributed by atoms with Crippen LogP contribution in [0.25, 0.3) is 236 Å². The maximum atomic E-state index is 6.54. The predicted molar refractivity (Wildman–Crippen MR) is 568 cm³/mol. The zero-order valence-corrected chi connectivity index (χ0v) is 77.5. The van der Waals surface area contributed by atoms with E-state index in [-0.39, 0.29) is 21.7 Å². The first-order chi connectivity index (χ1) is 66.9. The van der Waals surface area contributed by atoms with E-state index in [0.717, 1.165) is 99.3 Å². The molecule has 0 amide bonds. The van der Waals surface area contributed by atoms with Gasteiger partial charge in [0.05, 0.1) is 60.4 Å². The molecule has 0 unspecified atom stereocenters. The third-order valence-corrected chi connectivity index (χ3v) is 31.8. The normalized spacial score (nSPS) is 14.2. The van der Waals surface area contributed by atoms with Gasteiger partial charge < -0.3 is 4.42 Å². The predicted octanol–water partition coefficient (Wildman–Crippen LogP) is 32.7. The van der Waals surface area contributed by atoms with Gasteiger partial charge in [-0.3, -0.25) is 13.7 Å². The number of aromatic nitrogens is 9. The number of benzene rings is 18. The minimum absolute atomic E-state index is 0.0417. The Morgan fingerprint density at radius 1 is 0.226 bits per heavy atom. The molecule has 0 N–H and O–H groups in total. The molecule has 0 saturated heterocycles. The molecule has 8 heterocycles. The van der Waals surface area contributed by atoms with Crippen LogP contribution in [0.1, 0.15) is 99.9 Å². The highest BCUT2D eigenvalue weighted by Gasteiger charge is 2.43. The van der Waals surface area contributed by atoms with Crippen LogP contribution in [0.2, 0.25) is 0 Å². The van der Waals surface area contributed by atoms with Gasteiger partial charge in [-0.15, -0.1) is 11.3 Å². The summed E-state index contributed by atoms with van der Waals surface area (Å²) >= 11 is 1.78. The molecule has 648 valence electrons. The van der Waals surface area contributed by atoms with E-state index in [9.17, 15) is 0 Å². The van der Waals surface area contributed by atoms with E-state index < -0.39 is 0 Å². The van der Waals surface area contributed by atoms with Crippen molar-refractivity contribution in [3.63, 3.8) is 0 Å². The summed E-state index contributed by atoms with van der Waals surface area (Å²) in [5.41, 5.74) is 36.2. The average Bonchev–Trinajstić information content (AvgIpc) is 1.55. The van der Waals surface area contributed by atoms with E-state index in [4.69, 9.17) is 34.3 Å². The van der Waals surface area contributed by atoms with E-state index in [1.807, 2.05) is 18.2 Å². The molecule has 18 aromatic carbocycles. The summed E-state index contributed by atoms with van der Waals surface area (Å²) in [6.45, 7) is 18.6. The molecule has 10 nitrogen and oxygen atoms in total. The van der Waals surface area contributed by atoms with Crippen molar-refractivity contribution in [3.05, 3.63) is 427 Å². The van der Waals surface area contributed by atoms with E-state index in [1.165, 1.54) is 158 Å². The van der Waals surface area contributed by atoms with E-state index in [2.05, 4.69) is 433 Å². The first kappa shape index (κ1) is 79.0. The third kappa shape index (κ3) is 11.5.